The standard InChI is InChI=1S/C18H30O3S.C13H13ClNO/c1-2-3-4-5-6-7-8-9-10-11-12-17-13-15-18(16-14-17)22(19,20)21;1-16-12-7-5-11(6-8-12)10-15-9-3-2-4-13(15)14/h13-16H,2-12H2,1H3,(H,19,20,21);2-9H,10H2,1H3/q;+1/p-1. The lowest BCUT2D eigenvalue weighted by molar-refractivity contribution is -0.686. The first kappa shape index (κ1) is 31.8. The van der Waals surface area contributed by atoms with E-state index < -0.39 is 10.1 Å². The number of nitrogens with zero attached hydrogens (tertiary/aromatic N) is 1. The zero-order chi connectivity index (χ0) is 27.6. The van der Waals surface area contributed by atoms with Crippen LogP contribution in [0.4, 0.5) is 0 Å². The molecule has 38 heavy (non-hydrogen) atoms. The fourth-order valence-electron chi connectivity index (χ4n) is 4.15. The Bertz CT molecular complexity index is 1150. The highest BCUT2D eigenvalue weighted by Crippen LogP contribution is 2.15. The van der Waals surface area contributed by atoms with Crippen molar-refractivity contribution in [3.63, 3.8) is 0 Å². The van der Waals surface area contributed by atoms with Crippen molar-refractivity contribution in [2.75, 3.05) is 7.11 Å². The molecule has 0 aliphatic carbocycles. The van der Waals surface area contributed by atoms with E-state index in [4.69, 9.17) is 16.3 Å². The van der Waals surface area contributed by atoms with Gasteiger partial charge in [-0.15, -0.1) is 0 Å². The third-order valence-electron chi connectivity index (χ3n) is 6.43. The molecule has 0 aliphatic heterocycles. The highest BCUT2D eigenvalue weighted by molar-refractivity contribution is 7.85. The van der Waals surface area contributed by atoms with E-state index in [0.29, 0.717) is 0 Å². The van der Waals surface area contributed by atoms with Gasteiger partial charge in [0.2, 0.25) is 0 Å². The maximum Gasteiger partial charge on any atom is 0.275 e. The van der Waals surface area contributed by atoms with Crippen molar-refractivity contribution in [3.05, 3.63) is 89.2 Å². The second kappa shape index (κ2) is 18.0. The maximum atomic E-state index is 10.8. The molecule has 7 heteroatoms. The Morgan fingerprint density at radius 2 is 1.32 bits per heavy atom. The van der Waals surface area contributed by atoms with E-state index >= 15 is 0 Å². The molecule has 0 atom stereocenters. The fraction of sp³-hybridized carbons (Fsp3) is 0.452. The third-order valence-corrected chi connectivity index (χ3v) is 7.62. The summed E-state index contributed by atoms with van der Waals surface area (Å²) in [7, 11) is -2.65. The highest BCUT2D eigenvalue weighted by Gasteiger charge is 2.07. The molecule has 0 unspecified atom stereocenters. The zero-order valence-electron chi connectivity index (χ0n) is 22.8. The smallest absolute Gasteiger partial charge is 0.275 e. The Hall–Kier alpha value is -2.41. The van der Waals surface area contributed by atoms with Crippen LogP contribution in [0.25, 0.3) is 0 Å². The largest absolute Gasteiger partial charge is 0.744 e. The molecule has 0 saturated carbocycles. The van der Waals surface area contributed by atoms with Crippen LogP contribution in [0.5, 0.6) is 5.75 Å². The molecule has 5 nitrogen and oxygen atoms in total. The SMILES string of the molecule is CCCCCCCCCCCCc1ccc(S(=O)(=O)[O-])cc1.COc1ccc(C[n+]2ccccc2Cl)cc1. The van der Waals surface area contributed by atoms with Crippen LogP contribution in [0.2, 0.25) is 5.15 Å². The summed E-state index contributed by atoms with van der Waals surface area (Å²) >= 11 is 6.07. The summed E-state index contributed by atoms with van der Waals surface area (Å²) in [6.45, 7) is 3.01. The van der Waals surface area contributed by atoms with Crippen LogP contribution in [0.3, 0.4) is 0 Å². The molecule has 1 aromatic heterocycles. The summed E-state index contributed by atoms with van der Waals surface area (Å²) in [6.07, 6.45) is 16.0. The minimum atomic E-state index is -4.31. The molecule has 3 aromatic rings. The average Bonchev–Trinajstić information content (AvgIpc) is 2.92. The Balaban J connectivity index is 0.000000279. The predicted octanol–water partition coefficient (Wildman–Crippen LogP) is 7.74. The first-order chi connectivity index (χ1) is 18.3. The summed E-state index contributed by atoms with van der Waals surface area (Å²) < 4.78 is 39.6. The van der Waals surface area contributed by atoms with E-state index in [1.165, 1.54) is 75.5 Å². The lowest BCUT2D eigenvalue weighted by Crippen LogP contribution is -2.34. The molecule has 0 fully saturated rings. The second-order valence-electron chi connectivity index (χ2n) is 9.53. The molecule has 0 radical (unpaired) electrons. The van der Waals surface area contributed by atoms with Gasteiger partial charge in [-0.25, -0.2) is 8.42 Å². The van der Waals surface area contributed by atoms with Gasteiger partial charge in [0, 0.05) is 17.7 Å². The quantitative estimate of drug-likeness (QED) is 0.0826. The number of pyridine rings is 1. The van der Waals surface area contributed by atoms with E-state index in [1.807, 2.05) is 53.2 Å². The number of ether oxygens (including phenoxy) is 1. The van der Waals surface area contributed by atoms with Gasteiger partial charge in [0.25, 0.3) is 5.15 Å². The van der Waals surface area contributed by atoms with Gasteiger partial charge >= 0.3 is 0 Å². The number of aromatic nitrogens is 1. The van der Waals surface area contributed by atoms with Gasteiger partial charge in [-0.2, -0.15) is 4.57 Å². The Kier molecular flexibility index (Phi) is 15.0. The molecule has 0 spiro atoms. The van der Waals surface area contributed by atoms with Gasteiger partial charge in [0.1, 0.15) is 15.9 Å². The summed E-state index contributed by atoms with van der Waals surface area (Å²) in [6, 6.07) is 20.1. The van der Waals surface area contributed by atoms with Crippen molar-refractivity contribution >= 4 is 21.7 Å². The predicted molar refractivity (Wildman–Crippen MR) is 154 cm³/mol. The molecule has 208 valence electrons. The molecular formula is C31H42ClNO4S. The van der Waals surface area contributed by atoms with Gasteiger partial charge in [-0.3, -0.25) is 0 Å². The van der Waals surface area contributed by atoms with Crippen molar-refractivity contribution in [2.24, 2.45) is 0 Å². The third kappa shape index (κ3) is 12.9. The molecular weight excluding hydrogens is 518 g/mol. The topological polar surface area (TPSA) is 70.3 Å². The summed E-state index contributed by atoms with van der Waals surface area (Å²) in [5, 5.41) is 0.735. The monoisotopic (exact) mass is 559 g/mol. The lowest BCUT2D eigenvalue weighted by atomic mass is 10.0. The summed E-state index contributed by atoms with van der Waals surface area (Å²) in [5.74, 6) is 0.868. The molecule has 2 aromatic carbocycles. The van der Waals surface area contributed by atoms with E-state index in [-0.39, 0.29) is 4.90 Å². The fourth-order valence-corrected chi connectivity index (χ4v) is 4.81. The van der Waals surface area contributed by atoms with Crippen molar-refractivity contribution in [1.29, 1.82) is 0 Å². The van der Waals surface area contributed by atoms with Crippen molar-refractivity contribution < 1.29 is 22.3 Å². The Labute approximate surface area is 234 Å². The molecule has 0 N–H and O–H groups in total. The molecule has 0 saturated heterocycles. The first-order valence-corrected chi connectivity index (χ1v) is 15.4. The van der Waals surface area contributed by atoms with Crippen LogP contribution in [-0.2, 0) is 23.1 Å². The number of methoxy groups -OCH3 is 1. The number of halogens is 1. The van der Waals surface area contributed by atoms with Crippen LogP contribution in [0.15, 0.2) is 77.8 Å². The van der Waals surface area contributed by atoms with Crippen LogP contribution in [0.1, 0.15) is 82.3 Å². The lowest BCUT2D eigenvalue weighted by Gasteiger charge is -2.08. The Morgan fingerprint density at radius 1 is 0.763 bits per heavy atom. The first-order valence-electron chi connectivity index (χ1n) is 13.6. The van der Waals surface area contributed by atoms with Gasteiger partial charge in [-0.05, 0) is 72.5 Å². The summed E-state index contributed by atoms with van der Waals surface area (Å²) in [4.78, 5) is -0.140. The highest BCUT2D eigenvalue weighted by atomic mass is 35.5. The second-order valence-corrected chi connectivity index (χ2v) is 11.3. The average molecular weight is 560 g/mol. The van der Waals surface area contributed by atoms with Gasteiger partial charge in [0.15, 0.2) is 12.7 Å². The van der Waals surface area contributed by atoms with E-state index in [2.05, 4.69) is 6.92 Å². The molecule has 3 rings (SSSR count). The molecule has 1 heterocycles. The zero-order valence-corrected chi connectivity index (χ0v) is 24.4. The van der Waals surface area contributed by atoms with E-state index in [0.717, 1.165) is 35.9 Å². The normalized spacial score (nSPS) is 11.1. The van der Waals surface area contributed by atoms with Crippen LogP contribution in [-0.4, -0.2) is 20.1 Å². The number of hydrogen-bond donors (Lipinski definition) is 0. The minimum Gasteiger partial charge on any atom is -0.744 e. The number of aryl methyl sites for hydroxylation is 1. The van der Waals surface area contributed by atoms with Crippen LogP contribution >= 0.6 is 11.6 Å². The van der Waals surface area contributed by atoms with Gasteiger partial charge in [-0.1, -0.05) is 76.8 Å². The van der Waals surface area contributed by atoms with E-state index in [9.17, 15) is 13.0 Å². The minimum absolute atomic E-state index is 0.140. The Morgan fingerprint density at radius 3 is 1.84 bits per heavy atom. The van der Waals surface area contributed by atoms with Crippen molar-refractivity contribution in [1.82, 2.24) is 0 Å². The number of benzene rings is 2. The number of hydrogen-bond acceptors (Lipinski definition) is 4. The van der Waals surface area contributed by atoms with E-state index in [1.54, 1.807) is 19.2 Å². The van der Waals surface area contributed by atoms with Crippen molar-refractivity contribution in [2.45, 2.75) is 89.0 Å². The van der Waals surface area contributed by atoms with Crippen LogP contribution < -0.4 is 9.30 Å². The van der Waals surface area contributed by atoms with Gasteiger partial charge < -0.3 is 9.29 Å². The summed E-state index contributed by atoms with van der Waals surface area (Å²) in [5.41, 5.74) is 2.30. The van der Waals surface area contributed by atoms with Gasteiger partial charge in [0.05, 0.1) is 12.0 Å². The molecule has 0 aliphatic rings. The molecule has 0 amide bonds. The molecule has 0 bridgehead atoms. The number of rotatable bonds is 15. The number of unbranched alkanes of at least 4 members (excludes halogenated alkanes) is 9. The van der Waals surface area contributed by atoms with Crippen molar-refractivity contribution in [3.8, 4) is 5.75 Å². The van der Waals surface area contributed by atoms with Crippen LogP contribution in [0, 0.1) is 0 Å². The maximum absolute atomic E-state index is 10.8.